The molecule has 3 atom stereocenters. The van der Waals surface area contributed by atoms with E-state index in [1.165, 1.54) is 27.8 Å². The van der Waals surface area contributed by atoms with E-state index in [1.807, 2.05) is 24.3 Å². The molecule has 1 aliphatic rings. The minimum Gasteiger partial charge on any atom is -0.491 e. The third-order valence-corrected chi connectivity index (χ3v) is 8.23. The van der Waals surface area contributed by atoms with Crippen LogP contribution < -0.4 is 4.74 Å². The second-order valence-corrected chi connectivity index (χ2v) is 11.3. The lowest BCUT2D eigenvalue weighted by Crippen LogP contribution is -2.26. The number of carboxylic acid groups (broad SMARTS) is 1. The summed E-state index contributed by atoms with van der Waals surface area (Å²) in [4.78, 5) is 11.4. The fourth-order valence-electron chi connectivity index (χ4n) is 5.84. The van der Waals surface area contributed by atoms with E-state index in [-0.39, 0.29) is 12.0 Å². The monoisotopic (exact) mass is 590 g/mol. The molecule has 0 saturated heterocycles. The number of carboxylic acids is 1. The minimum atomic E-state index is -0.954. The molecule has 5 heteroatoms. The lowest BCUT2D eigenvalue weighted by atomic mass is 9.89. The van der Waals surface area contributed by atoms with E-state index in [1.54, 1.807) is 6.92 Å². The fourth-order valence-corrected chi connectivity index (χ4v) is 5.84. The second-order valence-electron chi connectivity index (χ2n) is 11.3. The van der Waals surface area contributed by atoms with E-state index in [2.05, 4.69) is 92.7 Å². The molecule has 1 aliphatic carbocycles. The van der Waals surface area contributed by atoms with Gasteiger partial charge in [-0.1, -0.05) is 111 Å². The van der Waals surface area contributed by atoms with Gasteiger partial charge in [-0.3, -0.25) is 0 Å². The van der Waals surface area contributed by atoms with Crippen LogP contribution in [0.15, 0.2) is 91.0 Å². The normalized spacial score (nSPS) is 15.1. The molecular formula is C39H42O5. The second kappa shape index (κ2) is 15.0. The first-order chi connectivity index (χ1) is 21.5. The van der Waals surface area contributed by atoms with Crippen LogP contribution in [0.5, 0.6) is 5.75 Å². The predicted octanol–water partition coefficient (Wildman–Crippen LogP) is 8.49. The summed E-state index contributed by atoms with van der Waals surface area (Å²) >= 11 is 0. The Bertz CT molecular complexity index is 1560. The predicted molar refractivity (Wildman–Crippen MR) is 176 cm³/mol. The highest BCUT2D eigenvalue weighted by Gasteiger charge is 2.24. The van der Waals surface area contributed by atoms with Gasteiger partial charge in [-0.25, -0.2) is 4.79 Å². The zero-order valence-corrected chi connectivity index (χ0v) is 25.9. The SMILES string of the molecule is CCCc1ccc2c(c1)C=Cc1cc(C(C)c3ccccc3)ccc1C2OCCOc1ccc(CC(OCC)C(=O)O)cc1. The number of benzene rings is 4. The fraction of sp³-hybridized carbons (Fsp3) is 0.308. The quantitative estimate of drug-likeness (QED) is 0.149. The molecule has 44 heavy (non-hydrogen) atoms. The lowest BCUT2D eigenvalue weighted by molar-refractivity contribution is -0.149. The molecule has 0 radical (unpaired) electrons. The van der Waals surface area contributed by atoms with Gasteiger partial charge in [-0.05, 0) is 70.0 Å². The highest BCUT2D eigenvalue weighted by molar-refractivity contribution is 5.77. The Hall–Kier alpha value is -4.19. The van der Waals surface area contributed by atoms with Crippen molar-refractivity contribution in [3.8, 4) is 5.75 Å². The topological polar surface area (TPSA) is 65.0 Å². The van der Waals surface area contributed by atoms with Gasteiger partial charge in [0, 0.05) is 18.9 Å². The number of aryl methyl sites for hydroxylation is 1. The number of hydrogen-bond acceptors (Lipinski definition) is 4. The summed E-state index contributed by atoms with van der Waals surface area (Å²) in [6.45, 7) is 7.42. The Morgan fingerprint density at radius 2 is 1.48 bits per heavy atom. The first-order valence-corrected chi connectivity index (χ1v) is 15.6. The lowest BCUT2D eigenvalue weighted by Gasteiger charge is -2.23. The van der Waals surface area contributed by atoms with Crippen LogP contribution >= 0.6 is 0 Å². The maximum absolute atomic E-state index is 11.4. The minimum absolute atomic E-state index is 0.218. The van der Waals surface area contributed by atoms with Gasteiger partial charge in [0.05, 0.1) is 6.61 Å². The van der Waals surface area contributed by atoms with E-state index in [4.69, 9.17) is 14.2 Å². The molecule has 5 rings (SSSR count). The number of fused-ring (bicyclic) bond motifs is 2. The molecule has 1 N–H and O–H groups in total. The van der Waals surface area contributed by atoms with Crippen LogP contribution in [0.4, 0.5) is 0 Å². The van der Waals surface area contributed by atoms with Crippen molar-refractivity contribution in [3.05, 3.63) is 136 Å². The van der Waals surface area contributed by atoms with Gasteiger partial charge >= 0.3 is 5.97 Å². The molecule has 0 heterocycles. The van der Waals surface area contributed by atoms with E-state index in [9.17, 15) is 9.90 Å². The molecular weight excluding hydrogens is 548 g/mol. The molecule has 3 unspecified atom stereocenters. The Morgan fingerprint density at radius 3 is 2.16 bits per heavy atom. The zero-order valence-electron chi connectivity index (χ0n) is 25.9. The average Bonchev–Trinajstić information content (AvgIpc) is 3.19. The van der Waals surface area contributed by atoms with Crippen molar-refractivity contribution in [1.29, 1.82) is 0 Å². The molecule has 5 nitrogen and oxygen atoms in total. The molecule has 0 fully saturated rings. The molecule has 0 saturated carbocycles. The summed E-state index contributed by atoms with van der Waals surface area (Å²) in [7, 11) is 0. The van der Waals surface area contributed by atoms with Crippen LogP contribution in [0.3, 0.4) is 0 Å². The number of rotatable bonds is 14. The third-order valence-electron chi connectivity index (χ3n) is 8.23. The van der Waals surface area contributed by atoms with Gasteiger partial charge in [0.25, 0.3) is 0 Å². The molecule has 0 aromatic heterocycles. The van der Waals surface area contributed by atoms with Crippen LogP contribution in [0, 0.1) is 0 Å². The zero-order chi connectivity index (χ0) is 30.9. The highest BCUT2D eigenvalue weighted by Crippen LogP contribution is 2.38. The van der Waals surface area contributed by atoms with Crippen molar-refractivity contribution < 1.29 is 24.1 Å². The summed E-state index contributed by atoms with van der Waals surface area (Å²) in [5.41, 5.74) is 9.47. The van der Waals surface area contributed by atoms with E-state index >= 15 is 0 Å². The molecule has 4 aromatic carbocycles. The van der Waals surface area contributed by atoms with Gasteiger partial charge in [0.1, 0.15) is 18.5 Å². The van der Waals surface area contributed by atoms with E-state index < -0.39 is 12.1 Å². The average molecular weight is 591 g/mol. The van der Waals surface area contributed by atoms with Crippen molar-refractivity contribution in [2.75, 3.05) is 19.8 Å². The first kappa shape index (κ1) is 31.2. The summed E-state index contributed by atoms with van der Waals surface area (Å²) in [5, 5.41) is 9.37. The number of ether oxygens (including phenoxy) is 3. The number of aliphatic carboxylic acids is 1. The first-order valence-electron chi connectivity index (χ1n) is 15.6. The van der Waals surface area contributed by atoms with Gasteiger partial charge in [0.2, 0.25) is 0 Å². The molecule has 0 bridgehead atoms. The molecule has 0 aliphatic heterocycles. The van der Waals surface area contributed by atoms with Crippen LogP contribution in [-0.2, 0) is 27.1 Å². The maximum atomic E-state index is 11.4. The summed E-state index contributed by atoms with van der Waals surface area (Å²) < 4.78 is 18.0. The van der Waals surface area contributed by atoms with Crippen LogP contribution in [0.1, 0.15) is 83.7 Å². The van der Waals surface area contributed by atoms with Crippen molar-refractivity contribution in [2.45, 2.75) is 58.2 Å². The van der Waals surface area contributed by atoms with E-state index in [0.29, 0.717) is 32.0 Å². The van der Waals surface area contributed by atoms with Crippen LogP contribution in [-0.4, -0.2) is 37.0 Å². The Labute approximate surface area is 261 Å². The largest absolute Gasteiger partial charge is 0.491 e. The van der Waals surface area contributed by atoms with E-state index in [0.717, 1.165) is 29.5 Å². The summed E-state index contributed by atoms with van der Waals surface area (Å²) in [5.74, 6) is 0.0439. The van der Waals surface area contributed by atoms with Crippen LogP contribution in [0.2, 0.25) is 0 Å². The Balaban J connectivity index is 1.31. The molecule has 0 spiro atoms. The van der Waals surface area contributed by atoms with Gasteiger partial charge in [-0.15, -0.1) is 0 Å². The van der Waals surface area contributed by atoms with Gasteiger partial charge in [-0.2, -0.15) is 0 Å². The van der Waals surface area contributed by atoms with Crippen molar-refractivity contribution in [3.63, 3.8) is 0 Å². The number of hydrogen-bond donors (Lipinski definition) is 1. The standard InChI is InChI=1S/C39H42O5/c1-4-9-28-14-20-35-32(24-28)15-16-33-26-31(27(3)30-10-7-6-8-11-30)17-21-36(33)38(35)44-23-22-43-34-18-12-29(13-19-34)25-37(39(40)41)42-5-2/h6-8,10-21,24,26-27,37-38H,4-5,9,22-23,25H2,1-3H3,(H,40,41). The van der Waals surface area contributed by atoms with Gasteiger partial charge in [0.15, 0.2) is 6.10 Å². The highest BCUT2D eigenvalue weighted by atomic mass is 16.5. The third kappa shape index (κ3) is 7.65. The maximum Gasteiger partial charge on any atom is 0.333 e. The molecule has 228 valence electrons. The Morgan fingerprint density at radius 1 is 0.795 bits per heavy atom. The summed E-state index contributed by atoms with van der Waals surface area (Å²) in [6.07, 6.45) is 5.86. The molecule has 4 aromatic rings. The van der Waals surface area contributed by atoms with Gasteiger partial charge < -0.3 is 19.3 Å². The van der Waals surface area contributed by atoms with Crippen LogP contribution in [0.25, 0.3) is 12.2 Å². The summed E-state index contributed by atoms with van der Waals surface area (Å²) in [6, 6.07) is 31.6. The van der Waals surface area contributed by atoms with Crippen molar-refractivity contribution >= 4 is 18.1 Å². The smallest absolute Gasteiger partial charge is 0.333 e. The Kier molecular flexibility index (Phi) is 10.7. The molecule has 0 amide bonds. The number of carbonyl (C=O) groups is 1. The van der Waals surface area contributed by atoms with Crippen molar-refractivity contribution in [2.24, 2.45) is 0 Å². The van der Waals surface area contributed by atoms with Crippen molar-refractivity contribution in [1.82, 2.24) is 0 Å².